The Labute approximate surface area is 116 Å². The summed E-state index contributed by atoms with van der Waals surface area (Å²) < 4.78 is 6.40. The van der Waals surface area contributed by atoms with Gasteiger partial charge in [0.05, 0.1) is 25.1 Å². The van der Waals surface area contributed by atoms with Gasteiger partial charge in [0, 0.05) is 25.2 Å². The molecule has 20 heavy (non-hydrogen) atoms. The van der Waals surface area contributed by atoms with Crippen LogP contribution in [-0.2, 0) is 16.1 Å². The number of hydrogen-bond donors (Lipinski definition) is 1. The predicted octanol–water partition coefficient (Wildman–Crippen LogP) is -0.324. The summed E-state index contributed by atoms with van der Waals surface area (Å²) in [5.41, 5.74) is 0.477. The molecule has 2 aliphatic rings. The van der Waals surface area contributed by atoms with Crippen LogP contribution in [0.5, 0.6) is 0 Å². The highest BCUT2D eigenvalue weighted by molar-refractivity contribution is 5.76. The third-order valence-electron chi connectivity index (χ3n) is 3.47. The molecular formula is C13H18N4O3. The Balaban J connectivity index is 1.64. The highest BCUT2D eigenvalue weighted by atomic mass is 16.5. The SMILES string of the molecule is O=C(Cn1ncc(NC2CC2)cc1=O)N1CCOCC1. The summed E-state index contributed by atoms with van der Waals surface area (Å²) in [6, 6.07) is 1.97. The molecular weight excluding hydrogens is 260 g/mol. The van der Waals surface area contributed by atoms with Gasteiger partial charge in [0.15, 0.2) is 0 Å². The van der Waals surface area contributed by atoms with E-state index in [0.29, 0.717) is 32.3 Å². The molecule has 1 amide bonds. The lowest BCUT2D eigenvalue weighted by atomic mass is 10.4. The van der Waals surface area contributed by atoms with Crippen molar-refractivity contribution in [2.45, 2.75) is 25.4 Å². The molecule has 2 fully saturated rings. The van der Waals surface area contributed by atoms with E-state index in [4.69, 9.17) is 4.74 Å². The molecule has 7 heteroatoms. The molecule has 3 rings (SSSR count). The van der Waals surface area contributed by atoms with Crippen molar-refractivity contribution in [3.63, 3.8) is 0 Å². The number of nitrogens with one attached hydrogen (secondary N) is 1. The summed E-state index contributed by atoms with van der Waals surface area (Å²) in [5.74, 6) is -0.0918. The first-order valence-electron chi connectivity index (χ1n) is 6.91. The number of carbonyl (C=O) groups is 1. The van der Waals surface area contributed by atoms with Gasteiger partial charge in [0.2, 0.25) is 5.91 Å². The van der Waals surface area contributed by atoms with Crippen LogP contribution in [0.15, 0.2) is 17.1 Å². The molecule has 1 N–H and O–H groups in total. The van der Waals surface area contributed by atoms with Gasteiger partial charge in [-0.1, -0.05) is 0 Å². The van der Waals surface area contributed by atoms with Crippen LogP contribution >= 0.6 is 0 Å². The molecule has 1 aliphatic heterocycles. The molecule has 1 saturated carbocycles. The van der Waals surface area contributed by atoms with E-state index in [1.54, 1.807) is 11.1 Å². The van der Waals surface area contributed by atoms with E-state index in [1.165, 1.54) is 10.7 Å². The number of carbonyl (C=O) groups excluding carboxylic acids is 1. The smallest absolute Gasteiger partial charge is 0.269 e. The van der Waals surface area contributed by atoms with Gasteiger partial charge < -0.3 is 15.0 Å². The first kappa shape index (κ1) is 13.1. The molecule has 7 nitrogen and oxygen atoms in total. The van der Waals surface area contributed by atoms with Gasteiger partial charge >= 0.3 is 0 Å². The number of ether oxygens (including phenoxy) is 1. The first-order chi connectivity index (χ1) is 9.72. The van der Waals surface area contributed by atoms with E-state index < -0.39 is 0 Å². The van der Waals surface area contributed by atoms with Crippen LogP contribution in [0.1, 0.15) is 12.8 Å². The van der Waals surface area contributed by atoms with E-state index in [-0.39, 0.29) is 18.0 Å². The van der Waals surface area contributed by atoms with Crippen molar-refractivity contribution in [2.75, 3.05) is 31.6 Å². The molecule has 0 unspecified atom stereocenters. The fourth-order valence-corrected chi connectivity index (χ4v) is 2.14. The summed E-state index contributed by atoms with van der Waals surface area (Å²) in [4.78, 5) is 25.7. The molecule has 1 aliphatic carbocycles. The Bertz CT molecular complexity index is 547. The monoisotopic (exact) mass is 278 g/mol. The third-order valence-corrected chi connectivity index (χ3v) is 3.47. The van der Waals surface area contributed by atoms with Crippen molar-refractivity contribution in [3.05, 3.63) is 22.6 Å². The average molecular weight is 278 g/mol. The second-order valence-corrected chi connectivity index (χ2v) is 5.15. The minimum Gasteiger partial charge on any atom is -0.381 e. The highest BCUT2D eigenvalue weighted by Gasteiger charge is 2.21. The van der Waals surface area contributed by atoms with Gasteiger partial charge in [-0.3, -0.25) is 9.59 Å². The quantitative estimate of drug-likeness (QED) is 0.816. The van der Waals surface area contributed by atoms with Gasteiger partial charge in [0.1, 0.15) is 6.54 Å². The maximum absolute atomic E-state index is 12.0. The Kier molecular flexibility index (Phi) is 3.68. The summed E-state index contributed by atoms with van der Waals surface area (Å²) in [7, 11) is 0. The molecule has 1 aromatic heterocycles. The molecule has 2 heterocycles. The predicted molar refractivity (Wildman–Crippen MR) is 72.5 cm³/mol. The van der Waals surface area contributed by atoms with Crippen LogP contribution in [0.25, 0.3) is 0 Å². The standard InChI is InChI=1S/C13H18N4O3/c18-12-7-11(15-10-1-2-10)8-14-17(12)9-13(19)16-3-5-20-6-4-16/h7-8,10,15H,1-6,9H2. The number of rotatable bonds is 4. The zero-order valence-corrected chi connectivity index (χ0v) is 11.2. The lowest BCUT2D eigenvalue weighted by molar-refractivity contribution is -0.136. The summed E-state index contributed by atoms with van der Waals surface area (Å²) >= 11 is 0. The minimum atomic E-state index is -0.253. The summed E-state index contributed by atoms with van der Waals surface area (Å²) in [6.07, 6.45) is 3.88. The largest absolute Gasteiger partial charge is 0.381 e. The number of amides is 1. The van der Waals surface area contributed by atoms with Crippen LogP contribution in [0.4, 0.5) is 5.69 Å². The van der Waals surface area contributed by atoms with Crippen molar-refractivity contribution >= 4 is 11.6 Å². The Morgan fingerprint density at radius 1 is 1.40 bits per heavy atom. The maximum atomic E-state index is 12.0. The highest BCUT2D eigenvalue weighted by Crippen LogP contribution is 2.23. The second kappa shape index (κ2) is 5.62. The van der Waals surface area contributed by atoms with Crippen molar-refractivity contribution in [2.24, 2.45) is 0 Å². The van der Waals surface area contributed by atoms with Gasteiger partial charge in [-0.2, -0.15) is 5.10 Å². The average Bonchev–Trinajstić information content (AvgIpc) is 3.27. The number of aromatic nitrogens is 2. The van der Waals surface area contributed by atoms with Crippen molar-refractivity contribution in [1.29, 1.82) is 0 Å². The van der Waals surface area contributed by atoms with E-state index in [9.17, 15) is 9.59 Å². The first-order valence-corrected chi connectivity index (χ1v) is 6.91. The zero-order valence-electron chi connectivity index (χ0n) is 11.2. The lowest BCUT2D eigenvalue weighted by Gasteiger charge is -2.26. The topological polar surface area (TPSA) is 76.5 Å². The molecule has 1 aromatic rings. The van der Waals surface area contributed by atoms with E-state index in [2.05, 4.69) is 10.4 Å². The number of nitrogens with zero attached hydrogens (tertiary/aromatic N) is 3. The van der Waals surface area contributed by atoms with Crippen LogP contribution in [-0.4, -0.2) is 52.9 Å². The Morgan fingerprint density at radius 3 is 2.80 bits per heavy atom. The van der Waals surface area contributed by atoms with Crippen molar-refractivity contribution < 1.29 is 9.53 Å². The second-order valence-electron chi connectivity index (χ2n) is 5.15. The molecule has 0 atom stereocenters. The zero-order chi connectivity index (χ0) is 13.9. The van der Waals surface area contributed by atoms with E-state index >= 15 is 0 Å². The molecule has 0 bridgehead atoms. The number of anilines is 1. The van der Waals surface area contributed by atoms with Gasteiger partial charge in [-0.15, -0.1) is 0 Å². The fourth-order valence-electron chi connectivity index (χ4n) is 2.14. The Hall–Kier alpha value is -1.89. The molecule has 0 radical (unpaired) electrons. The molecule has 1 saturated heterocycles. The third kappa shape index (κ3) is 3.16. The molecule has 0 spiro atoms. The minimum absolute atomic E-state index is 0.0114. The Morgan fingerprint density at radius 2 is 2.15 bits per heavy atom. The van der Waals surface area contributed by atoms with Crippen LogP contribution in [0.2, 0.25) is 0 Å². The van der Waals surface area contributed by atoms with Crippen LogP contribution in [0.3, 0.4) is 0 Å². The van der Waals surface area contributed by atoms with E-state index in [1.807, 2.05) is 0 Å². The lowest BCUT2D eigenvalue weighted by Crippen LogP contribution is -2.43. The van der Waals surface area contributed by atoms with Gasteiger partial charge in [-0.25, -0.2) is 4.68 Å². The van der Waals surface area contributed by atoms with E-state index in [0.717, 1.165) is 18.5 Å². The van der Waals surface area contributed by atoms with Gasteiger partial charge in [0.25, 0.3) is 5.56 Å². The van der Waals surface area contributed by atoms with Crippen molar-refractivity contribution in [3.8, 4) is 0 Å². The fraction of sp³-hybridized carbons (Fsp3) is 0.615. The summed E-state index contributed by atoms with van der Waals surface area (Å²) in [6.45, 7) is 2.25. The van der Waals surface area contributed by atoms with Crippen molar-refractivity contribution in [1.82, 2.24) is 14.7 Å². The number of hydrogen-bond acceptors (Lipinski definition) is 5. The maximum Gasteiger partial charge on any atom is 0.269 e. The van der Waals surface area contributed by atoms with Gasteiger partial charge in [-0.05, 0) is 12.8 Å². The van der Waals surface area contributed by atoms with Crippen LogP contribution < -0.4 is 10.9 Å². The molecule has 0 aromatic carbocycles. The number of morpholine rings is 1. The summed E-state index contributed by atoms with van der Waals surface area (Å²) in [5, 5.41) is 7.27. The molecule has 108 valence electrons. The normalized spacial score (nSPS) is 18.9. The van der Waals surface area contributed by atoms with Crippen LogP contribution in [0, 0.1) is 0 Å².